The Hall–Kier alpha value is -1.18. The molecular weight excluding hydrogens is 326 g/mol. The largest absolute Gasteiger partial charge is 0.379 e. The fraction of sp³-hybridized carbons (Fsp3) is 0.706. The summed E-state index contributed by atoms with van der Waals surface area (Å²) in [6, 6.07) is 4.07. The molecule has 1 saturated carbocycles. The number of pyridine rings is 1. The van der Waals surface area contributed by atoms with Crippen LogP contribution in [-0.4, -0.2) is 56.6 Å². The van der Waals surface area contributed by atoms with Crippen molar-refractivity contribution in [3.63, 3.8) is 0 Å². The first kappa shape index (κ1) is 17.6. The third-order valence-corrected chi connectivity index (χ3v) is 6.86. The molecule has 2 fully saturated rings. The van der Waals surface area contributed by atoms with Crippen LogP contribution in [0.1, 0.15) is 39.0 Å². The van der Waals surface area contributed by atoms with Gasteiger partial charge < -0.3 is 9.64 Å². The van der Waals surface area contributed by atoms with Crippen molar-refractivity contribution in [1.29, 1.82) is 0 Å². The van der Waals surface area contributed by atoms with Gasteiger partial charge in [-0.2, -0.15) is 4.31 Å². The molecule has 1 aromatic heterocycles. The maximum atomic E-state index is 12.7. The first-order chi connectivity index (χ1) is 11.6. The number of rotatable bonds is 5. The zero-order valence-electron chi connectivity index (χ0n) is 14.4. The number of hydrogen-bond donors (Lipinski definition) is 0. The second-order valence-corrected chi connectivity index (χ2v) is 8.38. The van der Waals surface area contributed by atoms with E-state index in [1.165, 1.54) is 42.6 Å². The highest BCUT2D eigenvalue weighted by atomic mass is 32.2. The molecule has 24 heavy (non-hydrogen) atoms. The van der Waals surface area contributed by atoms with Crippen LogP contribution < -0.4 is 4.90 Å². The maximum absolute atomic E-state index is 12.7. The van der Waals surface area contributed by atoms with Crippen LogP contribution in [0, 0.1) is 0 Å². The van der Waals surface area contributed by atoms with Crippen LogP contribution >= 0.6 is 0 Å². The van der Waals surface area contributed by atoms with Gasteiger partial charge >= 0.3 is 0 Å². The smallest absolute Gasteiger partial charge is 0.244 e. The summed E-state index contributed by atoms with van der Waals surface area (Å²) >= 11 is 0. The van der Waals surface area contributed by atoms with Gasteiger partial charge in [0.1, 0.15) is 10.7 Å². The van der Waals surface area contributed by atoms with Crippen molar-refractivity contribution in [2.45, 2.75) is 50.0 Å². The second kappa shape index (κ2) is 7.80. The van der Waals surface area contributed by atoms with E-state index < -0.39 is 10.0 Å². The highest BCUT2D eigenvalue weighted by molar-refractivity contribution is 7.89. The lowest BCUT2D eigenvalue weighted by atomic mass is 9.94. The number of ether oxygens (including phenoxy) is 1. The van der Waals surface area contributed by atoms with Crippen molar-refractivity contribution < 1.29 is 13.2 Å². The Morgan fingerprint density at radius 1 is 1.21 bits per heavy atom. The number of hydrogen-bond acceptors (Lipinski definition) is 5. The van der Waals surface area contributed by atoms with Crippen molar-refractivity contribution in [3.05, 3.63) is 18.3 Å². The second-order valence-electron chi connectivity index (χ2n) is 6.45. The number of morpholine rings is 1. The van der Waals surface area contributed by atoms with E-state index in [2.05, 4.69) is 16.8 Å². The van der Waals surface area contributed by atoms with Crippen LogP contribution in [0.2, 0.25) is 0 Å². The molecule has 1 saturated heterocycles. The van der Waals surface area contributed by atoms with Crippen molar-refractivity contribution >= 4 is 15.8 Å². The molecule has 0 spiro atoms. The van der Waals surface area contributed by atoms with Crippen LogP contribution in [0.25, 0.3) is 0 Å². The molecule has 0 bridgehead atoms. The van der Waals surface area contributed by atoms with E-state index in [0.29, 0.717) is 32.3 Å². The average Bonchev–Trinajstić information content (AvgIpc) is 2.64. The summed E-state index contributed by atoms with van der Waals surface area (Å²) in [5.41, 5.74) is 0. The van der Waals surface area contributed by atoms with Crippen molar-refractivity contribution in [2.75, 3.05) is 37.7 Å². The van der Waals surface area contributed by atoms with Gasteiger partial charge in [0.25, 0.3) is 0 Å². The molecule has 1 aromatic rings. The zero-order valence-corrected chi connectivity index (χ0v) is 15.2. The standard InChI is InChI=1S/C17H27N3O3S/c1-2-20(15-6-4-3-5-7-15)17-9-8-16(14-18-17)24(21,22)19-10-12-23-13-11-19/h8-9,14-15H,2-7,10-13H2,1H3. The van der Waals surface area contributed by atoms with Crippen molar-refractivity contribution in [2.24, 2.45) is 0 Å². The van der Waals surface area contributed by atoms with E-state index >= 15 is 0 Å². The van der Waals surface area contributed by atoms with Gasteiger partial charge in [-0.1, -0.05) is 19.3 Å². The van der Waals surface area contributed by atoms with E-state index in [9.17, 15) is 8.42 Å². The van der Waals surface area contributed by atoms with Gasteiger partial charge in [-0.25, -0.2) is 13.4 Å². The fourth-order valence-corrected chi connectivity index (χ4v) is 4.98. The average molecular weight is 353 g/mol. The summed E-state index contributed by atoms with van der Waals surface area (Å²) in [6.45, 7) is 4.76. The summed E-state index contributed by atoms with van der Waals surface area (Å²) in [5, 5.41) is 0. The van der Waals surface area contributed by atoms with Gasteiger partial charge in [0.15, 0.2) is 0 Å². The van der Waals surface area contributed by atoms with Gasteiger partial charge in [-0.15, -0.1) is 0 Å². The molecule has 0 radical (unpaired) electrons. The van der Waals surface area contributed by atoms with E-state index in [4.69, 9.17) is 4.74 Å². The molecule has 134 valence electrons. The molecule has 0 aromatic carbocycles. The Balaban J connectivity index is 1.76. The lowest BCUT2D eigenvalue weighted by Gasteiger charge is -2.34. The monoisotopic (exact) mass is 353 g/mol. The number of aromatic nitrogens is 1. The minimum Gasteiger partial charge on any atom is -0.379 e. The zero-order chi connectivity index (χ0) is 17.0. The van der Waals surface area contributed by atoms with E-state index in [0.717, 1.165) is 12.4 Å². The van der Waals surface area contributed by atoms with Gasteiger partial charge in [0, 0.05) is 31.9 Å². The lowest BCUT2D eigenvalue weighted by Crippen LogP contribution is -2.40. The Kier molecular flexibility index (Phi) is 5.73. The van der Waals surface area contributed by atoms with E-state index in [1.54, 1.807) is 6.07 Å². The molecule has 0 unspecified atom stereocenters. The maximum Gasteiger partial charge on any atom is 0.244 e. The first-order valence-electron chi connectivity index (χ1n) is 8.93. The summed E-state index contributed by atoms with van der Waals surface area (Å²) in [4.78, 5) is 7.06. The molecular formula is C17H27N3O3S. The van der Waals surface area contributed by atoms with Crippen LogP contribution in [0.3, 0.4) is 0 Å². The minimum atomic E-state index is -3.46. The molecule has 0 N–H and O–H groups in total. The molecule has 6 nitrogen and oxygen atoms in total. The summed E-state index contributed by atoms with van der Waals surface area (Å²) in [7, 11) is -3.46. The van der Waals surface area contributed by atoms with Crippen molar-refractivity contribution in [1.82, 2.24) is 9.29 Å². The van der Waals surface area contributed by atoms with Gasteiger partial charge in [0.2, 0.25) is 10.0 Å². The Labute approximate surface area is 144 Å². The van der Waals surface area contributed by atoms with Gasteiger partial charge in [-0.3, -0.25) is 0 Å². The lowest BCUT2D eigenvalue weighted by molar-refractivity contribution is 0.0730. The number of sulfonamides is 1. The van der Waals surface area contributed by atoms with Crippen LogP contribution in [-0.2, 0) is 14.8 Å². The predicted molar refractivity (Wildman–Crippen MR) is 93.7 cm³/mol. The molecule has 0 atom stereocenters. The normalized spacial score (nSPS) is 20.9. The fourth-order valence-electron chi connectivity index (χ4n) is 3.63. The molecule has 0 amide bonds. The minimum absolute atomic E-state index is 0.271. The number of anilines is 1. The Morgan fingerprint density at radius 2 is 1.92 bits per heavy atom. The third-order valence-electron chi connectivity index (χ3n) is 4.98. The van der Waals surface area contributed by atoms with Crippen LogP contribution in [0.4, 0.5) is 5.82 Å². The highest BCUT2D eigenvalue weighted by Crippen LogP contribution is 2.27. The molecule has 3 rings (SSSR count). The van der Waals surface area contributed by atoms with Crippen LogP contribution in [0.5, 0.6) is 0 Å². The molecule has 1 aliphatic heterocycles. The topological polar surface area (TPSA) is 62.7 Å². The summed E-state index contributed by atoms with van der Waals surface area (Å²) in [6.07, 6.45) is 7.76. The van der Waals surface area contributed by atoms with Crippen LogP contribution in [0.15, 0.2) is 23.2 Å². The third kappa shape index (κ3) is 3.73. The van der Waals surface area contributed by atoms with Gasteiger partial charge in [0.05, 0.1) is 13.2 Å². The molecule has 7 heteroatoms. The summed E-state index contributed by atoms with van der Waals surface area (Å²) < 4.78 is 32.0. The highest BCUT2D eigenvalue weighted by Gasteiger charge is 2.27. The summed E-state index contributed by atoms with van der Waals surface area (Å²) in [5.74, 6) is 0.880. The SMILES string of the molecule is CCN(c1ccc(S(=O)(=O)N2CCOCC2)cn1)C1CCCCC1. The number of nitrogens with zero attached hydrogens (tertiary/aromatic N) is 3. The first-order valence-corrected chi connectivity index (χ1v) is 10.4. The Morgan fingerprint density at radius 3 is 2.50 bits per heavy atom. The molecule has 2 heterocycles. The quantitative estimate of drug-likeness (QED) is 0.812. The predicted octanol–water partition coefficient (Wildman–Crippen LogP) is 2.26. The molecule has 1 aliphatic carbocycles. The van der Waals surface area contributed by atoms with Gasteiger partial charge in [-0.05, 0) is 31.9 Å². The molecule has 2 aliphatic rings. The van der Waals surface area contributed by atoms with E-state index in [-0.39, 0.29) is 4.90 Å². The Bertz CT molecular complexity index is 621. The van der Waals surface area contributed by atoms with E-state index in [1.807, 2.05) is 6.07 Å². The van der Waals surface area contributed by atoms with Crippen molar-refractivity contribution in [3.8, 4) is 0 Å².